The molecule has 0 bridgehead atoms. The van der Waals surface area contributed by atoms with E-state index in [0.29, 0.717) is 23.9 Å². The number of nitro benzene ring substituents is 1. The van der Waals surface area contributed by atoms with E-state index in [4.69, 9.17) is 5.73 Å². The Kier molecular flexibility index (Phi) is 9.80. The van der Waals surface area contributed by atoms with Crippen LogP contribution in [0.25, 0.3) is 0 Å². The monoisotopic (exact) mass is 347 g/mol. The van der Waals surface area contributed by atoms with Crippen molar-refractivity contribution in [1.29, 1.82) is 0 Å². The average Bonchev–Trinajstić information content (AvgIpc) is 2.44. The van der Waals surface area contributed by atoms with Crippen molar-refractivity contribution in [3.05, 3.63) is 33.9 Å². The minimum atomic E-state index is -0.447. The first kappa shape index (κ1) is 20.7. The minimum Gasteiger partial charge on any atom is -0.351 e. The molecule has 0 unspecified atom stereocenters. The van der Waals surface area contributed by atoms with Crippen LogP contribution in [0.15, 0.2) is 23.1 Å². The van der Waals surface area contributed by atoms with Crippen molar-refractivity contribution in [2.45, 2.75) is 25.2 Å². The van der Waals surface area contributed by atoms with Crippen molar-refractivity contribution < 1.29 is 9.72 Å². The van der Waals surface area contributed by atoms with Crippen molar-refractivity contribution in [2.24, 2.45) is 11.7 Å². The highest BCUT2D eigenvalue weighted by atomic mass is 35.5. The number of nitrogens with one attached hydrogen (secondary N) is 1. The zero-order valence-electron chi connectivity index (χ0n) is 12.7. The van der Waals surface area contributed by atoms with E-state index in [0.717, 1.165) is 12.2 Å². The fourth-order valence-corrected chi connectivity index (χ4v) is 2.87. The van der Waals surface area contributed by atoms with Gasteiger partial charge in [0.15, 0.2) is 0 Å². The van der Waals surface area contributed by atoms with Gasteiger partial charge in [0.1, 0.15) is 0 Å². The molecule has 0 aromatic heterocycles. The number of halogens is 1. The van der Waals surface area contributed by atoms with Crippen LogP contribution >= 0.6 is 24.2 Å². The molecular weight excluding hydrogens is 326 g/mol. The molecule has 1 aromatic rings. The van der Waals surface area contributed by atoms with Gasteiger partial charge >= 0.3 is 0 Å². The van der Waals surface area contributed by atoms with E-state index in [1.54, 1.807) is 12.1 Å². The van der Waals surface area contributed by atoms with E-state index >= 15 is 0 Å². The lowest BCUT2D eigenvalue weighted by atomic mass is 10.2. The first-order valence-corrected chi connectivity index (χ1v) is 7.83. The van der Waals surface area contributed by atoms with Crippen molar-refractivity contribution >= 4 is 35.8 Å². The summed E-state index contributed by atoms with van der Waals surface area (Å²) in [5.74, 6) is 1.03. The summed E-state index contributed by atoms with van der Waals surface area (Å²) in [7, 11) is 0. The molecule has 22 heavy (non-hydrogen) atoms. The fourth-order valence-electron chi connectivity index (χ4n) is 1.62. The molecule has 0 radical (unpaired) electrons. The minimum absolute atomic E-state index is 0. The number of nitrogens with two attached hydrogens (primary N) is 1. The maximum Gasteiger partial charge on any atom is 0.283 e. The molecule has 0 spiro atoms. The molecule has 0 aliphatic heterocycles. The predicted octanol–water partition coefficient (Wildman–Crippen LogP) is 2.84. The molecule has 1 aromatic carbocycles. The second kappa shape index (κ2) is 10.4. The Morgan fingerprint density at radius 2 is 2.14 bits per heavy atom. The van der Waals surface area contributed by atoms with Crippen LogP contribution in [0.5, 0.6) is 0 Å². The van der Waals surface area contributed by atoms with Crippen LogP contribution in [-0.2, 0) is 0 Å². The molecular formula is C14H22ClN3O3S. The Balaban J connectivity index is 0.00000441. The summed E-state index contributed by atoms with van der Waals surface area (Å²) in [6.45, 7) is 4.90. The zero-order valence-corrected chi connectivity index (χ0v) is 14.3. The van der Waals surface area contributed by atoms with Crippen LogP contribution in [-0.4, -0.2) is 29.7 Å². The molecule has 8 heteroatoms. The first-order chi connectivity index (χ1) is 9.95. The molecule has 1 rings (SSSR count). The normalized spacial score (nSPS) is 10.2. The summed E-state index contributed by atoms with van der Waals surface area (Å²) < 4.78 is 0. The Labute approximate surface area is 140 Å². The molecule has 124 valence electrons. The van der Waals surface area contributed by atoms with E-state index in [1.165, 1.54) is 17.8 Å². The molecule has 0 saturated heterocycles. The second-order valence-electron chi connectivity index (χ2n) is 5.02. The third kappa shape index (κ3) is 6.64. The number of rotatable bonds is 8. The lowest BCUT2D eigenvalue weighted by molar-refractivity contribution is -0.387. The Hall–Kier alpha value is -1.31. The number of thioether (sulfide) groups is 1. The number of carbonyl (C=O) groups is 1. The van der Waals surface area contributed by atoms with Crippen LogP contribution in [0.3, 0.4) is 0 Å². The van der Waals surface area contributed by atoms with Crippen molar-refractivity contribution in [2.75, 3.05) is 18.8 Å². The molecule has 0 saturated carbocycles. The van der Waals surface area contributed by atoms with Crippen molar-refractivity contribution in [3.63, 3.8) is 0 Å². The molecule has 0 heterocycles. The maximum atomic E-state index is 11.8. The lowest BCUT2D eigenvalue weighted by Crippen LogP contribution is -2.29. The summed E-state index contributed by atoms with van der Waals surface area (Å²) in [6, 6.07) is 4.57. The quantitative estimate of drug-likeness (QED) is 0.428. The second-order valence-corrected chi connectivity index (χ2v) is 6.15. The summed E-state index contributed by atoms with van der Waals surface area (Å²) in [4.78, 5) is 23.1. The average molecular weight is 348 g/mol. The molecule has 3 N–H and O–H groups in total. The Bertz CT molecular complexity index is 512. The molecule has 0 atom stereocenters. The molecule has 0 fully saturated rings. The van der Waals surface area contributed by atoms with Crippen LogP contribution in [0.1, 0.15) is 30.6 Å². The number of hydrogen-bond donors (Lipinski definition) is 2. The van der Waals surface area contributed by atoms with E-state index in [-0.39, 0.29) is 29.6 Å². The Morgan fingerprint density at radius 1 is 1.45 bits per heavy atom. The standard InChI is InChI=1S/C14H21N3O3S.ClH/c1-10(2)5-8-21-13-4-3-11(9-12(13)17(19)20)14(18)16-7-6-15;/h3-4,9-10H,5-8,15H2,1-2H3,(H,16,18);1H. The highest BCUT2D eigenvalue weighted by Crippen LogP contribution is 2.31. The van der Waals surface area contributed by atoms with Gasteiger partial charge in [-0.2, -0.15) is 0 Å². The third-order valence-corrected chi connectivity index (χ3v) is 3.90. The number of amides is 1. The number of hydrogen-bond acceptors (Lipinski definition) is 5. The van der Waals surface area contributed by atoms with Gasteiger partial charge in [-0.05, 0) is 30.2 Å². The van der Waals surface area contributed by atoms with Crippen LogP contribution in [0.2, 0.25) is 0 Å². The smallest absolute Gasteiger partial charge is 0.283 e. The van der Waals surface area contributed by atoms with E-state index in [2.05, 4.69) is 19.2 Å². The molecule has 6 nitrogen and oxygen atoms in total. The summed E-state index contributed by atoms with van der Waals surface area (Å²) in [5, 5.41) is 13.7. The predicted molar refractivity (Wildman–Crippen MR) is 91.9 cm³/mol. The van der Waals surface area contributed by atoms with Crippen LogP contribution in [0, 0.1) is 16.0 Å². The molecule has 1 amide bonds. The maximum absolute atomic E-state index is 11.8. The highest BCUT2D eigenvalue weighted by Gasteiger charge is 2.17. The molecule has 0 aliphatic carbocycles. The highest BCUT2D eigenvalue weighted by molar-refractivity contribution is 7.99. The van der Waals surface area contributed by atoms with Gasteiger partial charge in [0.25, 0.3) is 11.6 Å². The van der Waals surface area contributed by atoms with Gasteiger partial charge < -0.3 is 11.1 Å². The van der Waals surface area contributed by atoms with Gasteiger partial charge in [-0.25, -0.2) is 0 Å². The first-order valence-electron chi connectivity index (χ1n) is 6.85. The molecule has 0 aliphatic rings. The van der Waals surface area contributed by atoms with Crippen molar-refractivity contribution in [3.8, 4) is 0 Å². The number of carbonyl (C=O) groups excluding carboxylic acids is 1. The Morgan fingerprint density at radius 3 is 2.68 bits per heavy atom. The van der Waals surface area contributed by atoms with E-state index < -0.39 is 4.92 Å². The van der Waals surface area contributed by atoms with Gasteiger partial charge in [-0.1, -0.05) is 13.8 Å². The van der Waals surface area contributed by atoms with E-state index in [1.807, 2.05) is 0 Å². The largest absolute Gasteiger partial charge is 0.351 e. The van der Waals surface area contributed by atoms with Crippen molar-refractivity contribution in [1.82, 2.24) is 5.32 Å². The lowest BCUT2D eigenvalue weighted by Gasteiger charge is -2.07. The van der Waals surface area contributed by atoms with Gasteiger partial charge in [0.05, 0.1) is 9.82 Å². The fraction of sp³-hybridized carbons (Fsp3) is 0.500. The summed E-state index contributed by atoms with van der Waals surface area (Å²) in [6.07, 6.45) is 0.987. The number of nitrogens with zero attached hydrogens (tertiary/aromatic N) is 1. The topological polar surface area (TPSA) is 98.3 Å². The number of benzene rings is 1. The van der Waals surface area contributed by atoms with Gasteiger partial charge in [-0.15, -0.1) is 24.2 Å². The number of nitro groups is 1. The SMILES string of the molecule is CC(C)CCSc1ccc(C(=O)NCCN)cc1[N+](=O)[O-].Cl. The van der Waals surface area contributed by atoms with Gasteiger partial charge in [0, 0.05) is 24.7 Å². The van der Waals surface area contributed by atoms with E-state index in [9.17, 15) is 14.9 Å². The summed E-state index contributed by atoms with van der Waals surface area (Å²) in [5.41, 5.74) is 5.57. The summed E-state index contributed by atoms with van der Waals surface area (Å²) >= 11 is 1.45. The van der Waals surface area contributed by atoms with Crippen LogP contribution < -0.4 is 11.1 Å². The third-order valence-electron chi connectivity index (χ3n) is 2.80. The van der Waals surface area contributed by atoms with Gasteiger partial charge in [0.2, 0.25) is 0 Å². The van der Waals surface area contributed by atoms with Gasteiger partial charge in [-0.3, -0.25) is 14.9 Å². The van der Waals surface area contributed by atoms with Crippen LogP contribution in [0.4, 0.5) is 5.69 Å². The zero-order chi connectivity index (χ0) is 15.8.